The van der Waals surface area contributed by atoms with E-state index in [2.05, 4.69) is 4.74 Å². The molecule has 12 heavy (non-hydrogen) atoms. The normalized spacial score (nSPS) is 17.4. The quantitative estimate of drug-likeness (QED) is 0.563. The zero-order valence-corrected chi connectivity index (χ0v) is 7.19. The highest BCUT2D eigenvalue weighted by atomic mass is 19.1. The van der Waals surface area contributed by atoms with Crippen LogP contribution in [0.1, 0.15) is 19.8 Å². The standard InChI is InChI=1S/C9H11FO2/c1-6-4-3-5-7(10)8(6)9(11)12-2/h4H,3,5H2,1-2H3. The molecule has 0 spiro atoms. The predicted octanol–water partition coefficient (Wildman–Crippen LogP) is 2.12. The fraction of sp³-hybridized carbons (Fsp3) is 0.444. The number of allylic oxidation sites excluding steroid dienone is 2. The molecule has 0 fully saturated rings. The summed E-state index contributed by atoms with van der Waals surface area (Å²) in [6.07, 6.45) is 2.81. The highest BCUT2D eigenvalue weighted by Crippen LogP contribution is 2.26. The average Bonchev–Trinajstić information content (AvgIpc) is 2.03. The highest BCUT2D eigenvalue weighted by molar-refractivity contribution is 5.93. The van der Waals surface area contributed by atoms with Gasteiger partial charge >= 0.3 is 5.97 Å². The summed E-state index contributed by atoms with van der Waals surface area (Å²) < 4.78 is 17.5. The lowest BCUT2D eigenvalue weighted by Gasteiger charge is -2.11. The summed E-state index contributed by atoms with van der Waals surface area (Å²) in [5.74, 6) is -0.942. The lowest BCUT2D eigenvalue weighted by atomic mass is 9.98. The van der Waals surface area contributed by atoms with Gasteiger partial charge in [0.2, 0.25) is 0 Å². The van der Waals surface area contributed by atoms with Crippen molar-refractivity contribution >= 4 is 5.97 Å². The third-order valence-electron chi connectivity index (χ3n) is 1.87. The number of esters is 1. The van der Waals surface area contributed by atoms with Crippen LogP contribution < -0.4 is 0 Å². The van der Waals surface area contributed by atoms with Crippen molar-refractivity contribution in [2.75, 3.05) is 7.11 Å². The van der Waals surface area contributed by atoms with Crippen molar-refractivity contribution in [2.45, 2.75) is 19.8 Å². The van der Waals surface area contributed by atoms with Gasteiger partial charge in [-0.2, -0.15) is 0 Å². The molecule has 0 atom stereocenters. The van der Waals surface area contributed by atoms with Crippen LogP contribution in [-0.2, 0) is 9.53 Å². The van der Waals surface area contributed by atoms with Gasteiger partial charge in [-0.3, -0.25) is 0 Å². The van der Waals surface area contributed by atoms with Crippen molar-refractivity contribution in [3.63, 3.8) is 0 Å². The maximum atomic E-state index is 13.1. The van der Waals surface area contributed by atoms with Gasteiger partial charge in [-0.1, -0.05) is 6.08 Å². The summed E-state index contributed by atoms with van der Waals surface area (Å²) in [5, 5.41) is 0. The Bertz CT molecular complexity index is 264. The molecule has 0 unspecified atom stereocenters. The van der Waals surface area contributed by atoms with Crippen molar-refractivity contribution in [3.8, 4) is 0 Å². The SMILES string of the molecule is COC(=O)C1=C(F)CCC=C1C. The average molecular weight is 170 g/mol. The molecule has 0 bridgehead atoms. The largest absolute Gasteiger partial charge is 0.465 e. The first-order chi connectivity index (χ1) is 5.66. The van der Waals surface area contributed by atoms with Crippen LogP contribution in [0, 0.1) is 0 Å². The Kier molecular flexibility index (Phi) is 2.63. The van der Waals surface area contributed by atoms with E-state index in [0.717, 1.165) is 0 Å². The number of hydrogen-bond donors (Lipinski definition) is 0. The van der Waals surface area contributed by atoms with E-state index < -0.39 is 5.97 Å². The summed E-state index contributed by atoms with van der Waals surface area (Å²) in [4.78, 5) is 11.0. The zero-order valence-electron chi connectivity index (χ0n) is 7.19. The Hall–Kier alpha value is -1.12. The zero-order chi connectivity index (χ0) is 9.14. The molecule has 0 saturated carbocycles. The Morgan fingerprint density at radius 2 is 2.33 bits per heavy atom. The van der Waals surface area contributed by atoms with E-state index in [9.17, 15) is 9.18 Å². The summed E-state index contributed by atoms with van der Waals surface area (Å²) in [7, 11) is 1.25. The van der Waals surface area contributed by atoms with Crippen LogP contribution in [0.4, 0.5) is 4.39 Å². The van der Waals surface area contributed by atoms with E-state index in [0.29, 0.717) is 18.4 Å². The highest BCUT2D eigenvalue weighted by Gasteiger charge is 2.20. The molecule has 0 amide bonds. The van der Waals surface area contributed by atoms with Gasteiger partial charge in [-0.25, -0.2) is 9.18 Å². The van der Waals surface area contributed by atoms with Crippen LogP contribution in [-0.4, -0.2) is 13.1 Å². The molecule has 0 N–H and O–H groups in total. The molecule has 0 aromatic rings. The summed E-state index contributed by atoms with van der Waals surface area (Å²) in [6, 6.07) is 0. The Morgan fingerprint density at radius 3 is 2.83 bits per heavy atom. The van der Waals surface area contributed by atoms with E-state index in [-0.39, 0.29) is 11.4 Å². The van der Waals surface area contributed by atoms with Crippen molar-refractivity contribution in [2.24, 2.45) is 0 Å². The van der Waals surface area contributed by atoms with Gasteiger partial charge < -0.3 is 4.74 Å². The smallest absolute Gasteiger partial charge is 0.340 e. The Balaban J connectivity index is 2.98. The minimum absolute atomic E-state index is 0.101. The molecule has 3 heteroatoms. The summed E-state index contributed by atoms with van der Waals surface area (Å²) in [5.41, 5.74) is 0.773. The maximum Gasteiger partial charge on any atom is 0.340 e. The minimum atomic E-state index is -0.582. The second-order valence-corrected chi connectivity index (χ2v) is 2.70. The molecule has 2 nitrogen and oxygen atoms in total. The monoisotopic (exact) mass is 170 g/mol. The predicted molar refractivity (Wildman–Crippen MR) is 43.1 cm³/mol. The molecule has 1 rings (SSSR count). The number of methoxy groups -OCH3 is 1. The van der Waals surface area contributed by atoms with Crippen LogP contribution in [0.15, 0.2) is 23.0 Å². The van der Waals surface area contributed by atoms with Crippen molar-refractivity contribution in [1.29, 1.82) is 0 Å². The van der Waals surface area contributed by atoms with Gasteiger partial charge in [0, 0.05) is 6.42 Å². The fourth-order valence-electron chi connectivity index (χ4n) is 1.23. The molecule has 0 aromatic heterocycles. The number of halogens is 1. The number of ether oxygens (including phenoxy) is 1. The molecule has 0 aliphatic heterocycles. The van der Waals surface area contributed by atoms with Gasteiger partial charge in [0.05, 0.1) is 12.7 Å². The summed E-state index contributed by atoms with van der Waals surface area (Å²) in [6.45, 7) is 1.71. The molecule has 0 heterocycles. The van der Waals surface area contributed by atoms with E-state index in [4.69, 9.17) is 0 Å². The molecular formula is C9H11FO2. The maximum absolute atomic E-state index is 13.1. The fourth-order valence-corrected chi connectivity index (χ4v) is 1.23. The van der Waals surface area contributed by atoms with Gasteiger partial charge in [0.25, 0.3) is 0 Å². The van der Waals surface area contributed by atoms with Crippen LogP contribution >= 0.6 is 0 Å². The number of carbonyl (C=O) groups excluding carboxylic acids is 1. The first kappa shape index (κ1) is 8.97. The van der Waals surface area contributed by atoms with E-state index in [1.54, 1.807) is 6.92 Å². The molecule has 0 radical (unpaired) electrons. The number of carbonyl (C=O) groups is 1. The Morgan fingerprint density at radius 1 is 1.67 bits per heavy atom. The summed E-state index contributed by atoms with van der Waals surface area (Å²) >= 11 is 0. The van der Waals surface area contributed by atoms with Crippen LogP contribution in [0.3, 0.4) is 0 Å². The topological polar surface area (TPSA) is 26.3 Å². The van der Waals surface area contributed by atoms with Crippen LogP contribution in [0.5, 0.6) is 0 Å². The molecule has 0 saturated heterocycles. The molecule has 66 valence electrons. The minimum Gasteiger partial charge on any atom is -0.465 e. The van der Waals surface area contributed by atoms with Crippen molar-refractivity contribution < 1.29 is 13.9 Å². The third kappa shape index (κ3) is 1.55. The first-order valence-corrected chi connectivity index (χ1v) is 3.81. The number of hydrogen-bond acceptors (Lipinski definition) is 2. The molecule has 1 aliphatic rings. The Labute approximate surface area is 70.7 Å². The first-order valence-electron chi connectivity index (χ1n) is 3.81. The number of rotatable bonds is 1. The lowest BCUT2D eigenvalue weighted by molar-refractivity contribution is -0.136. The second kappa shape index (κ2) is 3.52. The van der Waals surface area contributed by atoms with Crippen LogP contribution in [0.25, 0.3) is 0 Å². The third-order valence-corrected chi connectivity index (χ3v) is 1.87. The van der Waals surface area contributed by atoms with E-state index >= 15 is 0 Å². The van der Waals surface area contributed by atoms with Crippen molar-refractivity contribution in [1.82, 2.24) is 0 Å². The van der Waals surface area contributed by atoms with Gasteiger partial charge in [-0.15, -0.1) is 0 Å². The lowest BCUT2D eigenvalue weighted by Crippen LogP contribution is -2.10. The van der Waals surface area contributed by atoms with Gasteiger partial charge in [0.1, 0.15) is 5.83 Å². The van der Waals surface area contributed by atoms with E-state index in [1.807, 2.05) is 6.08 Å². The van der Waals surface area contributed by atoms with Gasteiger partial charge in [-0.05, 0) is 18.9 Å². The van der Waals surface area contributed by atoms with Crippen LogP contribution in [0.2, 0.25) is 0 Å². The van der Waals surface area contributed by atoms with Crippen molar-refractivity contribution in [3.05, 3.63) is 23.0 Å². The molecular weight excluding hydrogens is 159 g/mol. The van der Waals surface area contributed by atoms with Gasteiger partial charge in [0.15, 0.2) is 0 Å². The second-order valence-electron chi connectivity index (χ2n) is 2.70. The molecule has 0 aromatic carbocycles. The van der Waals surface area contributed by atoms with E-state index in [1.165, 1.54) is 7.11 Å². The molecule has 1 aliphatic carbocycles.